The number of anilines is 2. The summed E-state index contributed by atoms with van der Waals surface area (Å²) in [6, 6.07) is 6.08. The molecular weight excluding hydrogens is 250 g/mol. The van der Waals surface area contributed by atoms with E-state index in [4.69, 9.17) is 10.5 Å². The van der Waals surface area contributed by atoms with Crippen LogP contribution in [0.3, 0.4) is 0 Å². The van der Waals surface area contributed by atoms with Crippen LogP contribution in [0.1, 0.15) is 27.2 Å². The highest BCUT2D eigenvalue weighted by Gasteiger charge is 2.31. The van der Waals surface area contributed by atoms with Crippen molar-refractivity contribution in [1.29, 1.82) is 0 Å². The first-order valence-electron chi connectivity index (χ1n) is 7.43. The van der Waals surface area contributed by atoms with Gasteiger partial charge in [-0.05, 0) is 39.4 Å². The minimum atomic E-state index is 0.158. The van der Waals surface area contributed by atoms with Gasteiger partial charge in [0.2, 0.25) is 0 Å². The van der Waals surface area contributed by atoms with Crippen molar-refractivity contribution in [3.05, 3.63) is 18.2 Å². The fraction of sp³-hybridized carbons (Fsp3) is 0.625. The number of para-hydroxylation sites is 1. The van der Waals surface area contributed by atoms with Crippen LogP contribution in [0.15, 0.2) is 18.2 Å². The van der Waals surface area contributed by atoms with Crippen LogP contribution in [0.5, 0.6) is 5.75 Å². The second-order valence-corrected chi connectivity index (χ2v) is 6.19. The van der Waals surface area contributed by atoms with E-state index in [1.165, 1.54) is 0 Å². The fourth-order valence-electron chi connectivity index (χ4n) is 2.59. The third-order valence-corrected chi connectivity index (χ3v) is 4.16. The Morgan fingerprint density at radius 1 is 1.30 bits per heavy atom. The number of benzene rings is 1. The van der Waals surface area contributed by atoms with Gasteiger partial charge in [0.05, 0.1) is 18.0 Å². The van der Waals surface area contributed by atoms with Gasteiger partial charge in [-0.1, -0.05) is 13.0 Å². The molecule has 4 nitrogen and oxygen atoms in total. The Hall–Kier alpha value is -1.42. The zero-order chi connectivity index (χ0) is 14.8. The van der Waals surface area contributed by atoms with Crippen LogP contribution >= 0.6 is 0 Å². The summed E-state index contributed by atoms with van der Waals surface area (Å²) in [6.07, 6.45) is 0.991. The second-order valence-electron chi connectivity index (χ2n) is 6.19. The number of likely N-dealkylation sites (N-methyl/N-ethyl adjacent to an activating group) is 1. The summed E-state index contributed by atoms with van der Waals surface area (Å²) < 4.78 is 5.73. The molecule has 0 radical (unpaired) electrons. The predicted octanol–water partition coefficient (Wildman–Crippen LogP) is 2.59. The Kier molecular flexibility index (Phi) is 4.43. The molecule has 112 valence electrons. The van der Waals surface area contributed by atoms with Gasteiger partial charge in [-0.25, -0.2) is 0 Å². The third kappa shape index (κ3) is 3.01. The number of hydrogen-bond donors (Lipinski definition) is 1. The summed E-state index contributed by atoms with van der Waals surface area (Å²) in [4.78, 5) is 4.77. The third-order valence-electron chi connectivity index (χ3n) is 4.16. The number of nitrogens with two attached hydrogens (primary N) is 1. The summed E-state index contributed by atoms with van der Waals surface area (Å²) in [5.74, 6) is 0.807. The SMILES string of the molecule is CCCOc1cccc(N2CCN(C)C(C)(C)C2)c1N. The Labute approximate surface area is 122 Å². The van der Waals surface area contributed by atoms with Crippen LogP contribution in [0.25, 0.3) is 0 Å². The van der Waals surface area contributed by atoms with Crippen LogP contribution in [0.2, 0.25) is 0 Å². The van der Waals surface area contributed by atoms with E-state index in [1.807, 2.05) is 12.1 Å². The van der Waals surface area contributed by atoms with Gasteiger partial charge in [0, 0.05) is 25.2 Å². The van der Waals surface area contributed by atoms with Crippen LogP contribution in [0.4, 0.5) is 11.4 Å². The Balaban J connectivity index is 2.20. The zero-order valence-electron chi connectivity index (χ0n) is 13.1. The van der Waals surface area contributed by atoms with Gasteiger partial charge in [-0.2, -0.15) is 0 Å². The quantitative estimate of drug-likeness (QED) is 0.859. The van der Waals surface area contributed by atoms with Crippen molar-refractivity contribution in [2.24, 2.45) is 0 Å². The predicted molar refractivity (Wildman–Crippen MR) is 85.6 cm³/mol. The highest BCUT2D eigenvalue weighted by atomic mass is 16.5. The fourth-order valence-corrected chi connectivity index (χ4v) is 2.59. The van der Waals surface area contributed by atoms with Gasteiger partial charge in [0.15, 0.2) is 0 Å². The smallest absolute Gasteiger partial charge is 0.144 e. The molecule has 0 spiro atoms. The van der Waals surface area contributed by atoms with Gasteiger partial charge >= 0.3 is 0 Å². The molecular formula is C16H27N3O. The van der Waals surface area contributed by atoms with Crippen molar-refractivity contribution >= 4 is 11.4 Å². The number of ether oxygens (including phenoxy) is 1. The van der Waals surface area contributed by atoms with Gasteiger partial charge in [0.1, 0.15) is 5.75 Å². The van der Waals surface area contributed by atoms with Crippen molar-refractivity contribution in [2.75, 3.05) is 43.9 Å². The first-order valence-corrected chi connectivity index (χ1v) is 7.43. The van der Waals surface area contributed by atoms with Crippen LogP contribution in [0, 0.1) is 0 Å². The lowest BCUT2D eigenvalue weighted by molar-refractivity contribution is 0.139. The molecule has 1 aliphatic rings. The molecule has 1 aliphatic heterocycles. The summed E-state index contributed by atoms with van der Waals surface area (Å²) in [7, 11) is 2.18. The van der Waals surface area contributed by atoms with E-state index in [0.29, 0.717) is 6.61 Å². The zero-order valence-corrected chi connectivity index (χ0v) is 13.1. The van der Waals surface area contributed by atoms with Crippen LogP contribution in [-0.2, 0) is 0 Å². The minimum absolute atomic E-state index is 0.158. The van der Waals surface area contributed by atoms with Gasteiger partial charge < -0.3 is 15.4 Å². The van der Waals surface area contributed by atoms with Gasteiger partial charge in [0.25, 0.3) is 0 Å². The van der Waals surface area contributed by atoms with Crippen molar-refractivity contribution < 1.29 is 4.74 Å². The molecule has 0 aliphatic carbocycles. The topological polar surface area (TPSA) is 41.7 Å². The van der Waals surface area contributed by atoms with E-state index in [2.05, 4.69) is 43.7 Å². The average Bonchev–Trinajstić information content (AvgIpc) is 2.41. The summed E-state index contributed by atoms with van der Waals surface area (Å²) >= 11 is 0. The normalized spacial score (nSPS) is 19.1. The Morgan fingerprint density at radius 3 is 2.70 bits per heavy atom. The van der Waals surface area contributed by atoms with E-state index >= 15 is 0 Å². The average molecular weight is 277 g/mol. The van der Waals surface area contributed by atoms with Crippen molar-refractivity contribution in [1.82, 2.24) is 4.90 Å². The summed E-state index contributed by atoms with van der Waals surface area (Å²) in [6.45, 7) is 10.4. The minimum Gasteiger partial charge on any atom is -0.491 e. The highest BCUT2D eigenvalue weighted by Crippen LogP contribution is 2.34. The van der Waals surface area contributed by atoms with E-state index in [0.717, 1.165) is 43.2 Å². The van der Waals surface area contributed by atoms with Crippen molar-refractivity contribution in [3.63, 3.8) is 0 Å². The molecule has 2 rings (SSSR count). The standard InChI is InChI=1S/C16H27N3O/c1-5-11-20-14-8-6-7-13(15(14)17)19-10-9-18(4)16(2,3)12-19/h6-8H,5,9-12,17H2,1-4H3. The molecule has 0 amide bonds. The lowest BCUT2D eigenvalue weighted by atomic mass is 9.99. The molecule has 4 heteroatoms. The molecule has 1 aromatic carbocycles. The van der Waals surface area contributed by atoms with Crippen molar-refractivity contribution in [3.8, 4) is 5.75 Å². The maximum atomic E-state index is 6.30. The molecule has 0 saturated carbocycles. The molecule has 20 heavy (non-hydrogen) atoms. The molecule has 2 N–H and O–H groups in total. The Bertz CT molecular complexity index is 459. The molecule has 0 unspecified atom stereocenters. The van der Waals surface area contributed by atoms with Gasteiger partial charge in [-0.3, -0.25) is 4.90 Å². The number of nitrogens with zero attached hydrogens (tertiary/aromatic N) is 2. The summed E-state index contributed by atoms with van der Waals surface area (Å²) in [5.41, 5.74) is 8.32. The molecule has 1 fully saturated rings. The first-order chi connectivity index (χ1) is 9.45. The van der Waals surface area contributed by atoms with Crippen molar-refractivity contribution in [2.45, 2.75) is 32.7 Å². The molecule has 1 aromatic rings. The molecule has 1 saturated heterocycles. The Morgan fingerprint density at radius 2 is 2.05 bits per heavy atom. The van der Waals surface area contributed by atoms with E-state index < -0.39 is 0 Å². The molecule has 0 bridgehead atoms. The number of rotatable bonds is 4. The molecule has 1 heterocycles. The molecule has 0 aromatic heterocycles. The summed E-state index contributed by atoms with van der Waals surface area (Å²) in [5, 5.41) is 0. The lowest BCUT2D eigenvalue weighted by Crippen LogP contribution is -2.57. The maximum absolute atomic E-state index is 6.30. The van der Waals surface area contributed by atoms with Crippen LogP contribution < -0.4 is 15.4 Å². The maximum Gasteiger partial charge on any atom is 0.144 e. The monoisotopic (exact) mass is 277 g/mol. The van der Waals surface area contributed by atoms with E-state index in [1.54, 1.807) is 0 Å². The number of hydrogen-bond acceptors (Lipinski definition) is 4. The first kappa shape index (κ1) is 15.0. The van der Waals surface area contributed by atoms with E-state index in [-0.39, 0.29) is 5.54 Å². The van der Waals surface area contributed by atoms with Gasteiger partial charge in [-0.15, -0.1) is 0 Å². The molecule has 0 atom stereocenters. The van der Waals surface area contributed by atoms with Crippen LogP contribution in [-0.4, -0.2) is 43.7 Å². The number of nitrogen functional groups attached to an aromatic ring is 1. The number of piperazine rings is 1. The largest absolute Gasteiger partial charge is 0.491 e. The second kappa shape index (κ2) is 5.92. The highest BCUT2D eigenvalue weighted by molar-refractivity contribution is 5.74. The lowest BCUT2D eigenvalue weighted by Gasteiger charge is -2.46. The van der Waals surface area contributed by atoms with E-state index in [9.17, 15) is 0 Å².